The normalized spacial score (nSPS) is 15.8. The second kappa shape index (κ2) is 9.14. The quantitative estimate of drug-likeness (QED) is 0.843. The van der Waals surface area contributed by atoms with Crippen molar-refractivity contribution in [3.63, 3.8) is 0 Å². The van der Waals surface area contributed by atoms with E-state index in [1.165, 1.54) is 0 Å². The number of hydrogen-bond acceptors (Lipinski definition) is 5. The number of carbonyl (C=O) groups is 2. The number of amides is 3. The Morgan fingerprint density at radius 2 is 1.74 bits per heavy atom. The second-order valence-electron chi connectivity index (χ2n) is 6.37. The number of pyridine rings is 1. The van der Waals surface area contributed by atoms with Crippen molar-refractivity contribution in [2.45, 2.75) is 13.0 Å². The van der Waals surface area contributed by atoms with Crippen molar-refractivity contribution in [2.75, 3.05) is 37.6 Å². The van der Waals surface area contributed by atoms with Gasteiger partial charge in [-0.15, -0.1) is 0 Å². The second-order valence-corrected chi connectivity index (χ2v) is 6.37. The average Bonchev–Trinajstić information content (AvgIpc) is 2.70. The van der Waals surface area contributed by atoms with Gasteiger partial charge in [-0.2, -0.15) is 0 Å². The van der Waals surface area contributed by atoms with Crippen LogP contribution in [0.4, 0.5) is 10.6 Å². The number of aromatic nitrogens is 1. The lowest BCUT2D eigenvalue weighted by atomic mass is 10.0. The van der Waals surface area contributed by atoms with E-state index in [0.29, 0.717) is 19.6 Å². The third kappa shape index (κ3) is 4.83. The van der Waals surface area contributed by atoms with Crippen LogP contribution in [-0.4, -0.2) is 54.5 Å². The van der Waals surface area contributed by atoms with Crippen LogP contribution < -0.4 is 15.5 Å². The number of urea groups is 1. The highest BCUT2D eigenvalue weighted by Crippen LogP contribution is 2.24. The molecule has 1 aromatic heterocycles. The zero-order chi connectivity index (χ0) is 19.1. The fourth-order valence-corrected chi connectivity index (χ4v) is 3.30. The predicted molar refractivity (Wildman–Crippen MR) is 104 cm³/mol. The van der Waals surface area contributed by atoms with Gasteiger partial charge in [-0.1, -0.05) is 36.4 Å². The van der Waals surface area contributed by atoms with E-state index in [9.17, 15) is 9.59 Å². The van der Waals surface area contributed by atoms with Gasteiger partial charge in [-0.25, -0.2) is 9.78 Å². The van der Waals surface area contributed by atoms with E-state index in [1.807, 2.05) is 55.5 Å². The molecule has 3 rings (SSSR count). The van der Waals surface area contributed by atoms with Crippen molar-refractivity contribution in [2.24, 2.45) is 0 Å². The van der Waals surface area contributed by atoms with Crippen LogP contribution in [-0.2, 0) is 4.79 Å². The molecule has 0 saturated carbocycles. The largest absolute Gasteiger partial charge is 0.354 e. The van der Waals surface area contributed by atoms with Crippen molar-refractivity contribution in [1.82, 2.24) is 20.5 Å². The van der Waals surface area contributed by atoms with Crippen LogP contribution >= 0.6 is 0 Å². The molecule has 1 fully saturated rings. The number of benzene rings is 1. The summed E-state index contributed by atoms with van der Waals surface area (Å²) in [6, 6.07) is 14.5. The number of piperazine rings is 1. The van der Waals surface area contributed by atoms with Gasteiger partial charge in [0.05, 0.1) is 0 Å². The molecule has 2 N–H and O–H groups in total. The predicted octanol–water partition coefficient (Wildman–Crippen LogP) is 1.79. The Kier molecular flexibility index (Phi) is 6.38. The molecule has 0 unspecified atom stereocenters. The molecule has 1 aliphatic rings. The van der Waals surface area contributed by atoms with Gasteiger partial charge in [0.1, 0.15) is 11.9 Å². The Morgan fingerprint density at radius 3 is 2.37 bits per heavy atom. The lowest BCUT2D eigenvalue weighted by Crippen LogP contribution is -2.52. The van der Waals surface area contributed by atoms with Gasteiger partial charge >= 0.3 is 6.03 Å². The minimum atomic E-state index is -0.500. The first-order chi connectivity index (χ1) is 13.2. The highest BCUT2D eigenvalue weighted by Gasteiger charge is 2.31. The molecule has 27 heavy (non-hydrogen) atoms. The fraction of sp³-hybridized carbons (Fsp3) is 0.350. The molecule has 0 bridgehead atoms. The smallest absolute Gasteiger partial charge is 0.321 e. The van der Waals surface area contributed by atoms with E-state index in [0.717, 1.165) is 24.5 Å². The molecule has 7 heteroatoms. The van der Waals surface area contributed by atoms with Crippen molar-refractivity contribution < 1.29 is 9.59 Å². The topological polar surface area (TPSA) is 77.6 Å². The monoisotopic (exact) mass is 367 g/mol. The number of imide groups is 1. The molecule has 1 saturated heterocycles. The molecular formula is C20H25N5O2. The lowest BCUT2D eigenvalue weighted by molar-refractivity contribution is -0.125. The molecule has 1 aromatic carbocycles. The van der Waals surface area contributed by atoms with Crippen molar-refractivity contribution in [3.8, 4) is 0 Å². The number of rotatable bonds is 5. The molecule has 142 valence electrons. The Balaban J connectivity index is 1.72. The SMILES string of the molecule is CCNC(=O)NC(=O)[C@H](c1ccccc1)N1CCN(c2ccccn2)CC1. The molecule has 0 aliphatic carbocycles. The minimum absolute atomic E-state index is 0.307. The lowest BCUT2D eigenvalue weighted by Gasteiger charge is -2.39. The maximum atomic E-state index is 12.8. The van der Waals surface area contributed by atoms with Gasteiger partial charge in [-0.05, 0) is 24.6 Å². The van der Waals surface area contributed by atoms with Gasteiger partial charge in [0, 0.05) is 38.9 Å². The highest BCUT2D eigenvalue weighted by atomic mass is 16.2. The molecule has 1 atom stereocenters. The van der Waals surface area contributed by atoms with Crippen LogP contribution in [0.2, 0.25) is 0 Å². The number of carbonyl (C=O) groups excluding carboxylic acids is 2. The summed E-state index contributed by atoms with van der Waals surface area (Å²) in [7, 11) is 0. The first-order valence-corrected chi connectivity index (χ1v) is 9.22. The van der Waals surface area contributed by atoms with Crippen molar-refractivity contribution >= 4 is 17.8 Å². The van der Waals surface area contributed by atoms with Gasteiger partial charge in [0.25, 0.3) is 0 Å². The zero-order valence-corrected chi connectivity index (χ0v) is 15.5. The summed E-state index contributed by atoms with van der Waals surface area (Å²) in [5, 5.41) is 5.07. The molecule has 0 spiro atoms. The third-order valence-electron chi connectivity index (χ3n) is 4.59. The van der Waals surface area contributed by atoms with E-state index in [2.05, 4.69) is 25.4 Å². The van der Waals surface area contributed by atoms with Crippen LogP contribution in [0.3, 0.4) is 0 Å². The van der Waals surface area contributed by atoms with Crippen LogP contribution in [0.25, 0.3) is 0 Å². The maximum absolute atomic E-state index is 12.8. The summed E-state index contributed by atoms with van der Waals surface area (Å²) < 4.78 is 0. The van der Waals surface area contributed by atoms with E-state index in [1.54, 1.807) is 6.20 Å². The Morgan fingerprint density at radius 1 is 1.04 bits per heavy atom. The Bertz CT molecular complexity index is 745. The molecule has 7 nitrogen and oxygen atoms in total. The number of anilines is 1. The summed E-state index contributed by atoms with van der Waals surface area (Å²) >= 11 is 0. The highest BCUT2D eigenvalue weighted by molar-refractivity contribution is 5.97. The molecule has 2 heterocycles. The number of nitrogens with zero attached hydrogens (tertiary/aromatic N) is 3. The van der Waals surface area contributed by atoms with Gasteiger partial charge in [-0.3, -0.25) is 15.0 Å². The standard InChI is InChI=1S/C20H25N5O2/c1-2-21-20(27)23-19(26)18(16-8-4-3-5-9-16)25-14-12-24(13-15-25)17-10-6-7-11-22-17/h3-11,18H,2,12-15H2,1H3,(H2,21,23,26,27)/t18-/m0/s1. The van der Waals surface area contributed by atoms with E-state index in [-0.39, 0.29) is 5.91 Å². The van der Waals surface area contributed by atoms with E-state index < -0.39 is 12.1 Å². The molecule has 0 radical (unpaired) electrons. The Labute approximate surface area is 159 Å². The maximum Gasteiger partial charge on any atom is 0.321 e. The summed E-state index contributed by atoms with van der Waals surface area (Å²) in [5.41, 5.74) is 0.880. The molecule has 1 aliphatic heterocycles. The van der Waals surface area contributed by atoms with Crippen LogP contribution in [0.5, 0.6) is 0 Å². The Hall–Kier alpha value is -2.93. The number of nitrogens with one attached hydrogen (secondary N) is 2. The zero-order valence-electron chi connectivity index (χ0n) is 15.5. The van der Waals surface area contributed by atoms with Crippen molar-refractivity contribution in [3.05, 3.63) is 60.3 Å². The summed E-state index contributed by atoms with van der Waals surface area (Å²) in [4.78, 5) is 33.4. The average molecular weight is 367 g/mol. The third-order valence-corrected chi connectivity index (χ3v) is 4.59. The first-order valence-electron chi connectivity index (χ1n) is 9.22. The summed E-state index contributed by atoms with van der Waals surface area (Å²) in [6.07, 6.45) is 1.79. The van der Waals surface area contributed by atoms with E-state index in [4.69, 9.17) is 0 Å². The summed E-state index contributed by atoms with van der Waals surface area (Å²) in [6.45, 7) is 5.24. The molecular weight excluding hydrogens is 342 g/mol. The van der Waals surface area contributed by atoms with Crippen molar-refractivity contribution in [1.29, 1.82) is 0 Å². The fourth-order valence-electron chi connectivity index (χ4n) is 3.30. The first kappa shape index (κ1) is 18.8. The van der Waals surface area contributed by atoms with Crippen LogP contribution in [0.1, 0.15) is 18.5 Å². The minimum Gasteiger partial charge on any atom is -0.354 e. The van der Waals surface area contributed by atoms with Crippen LogP contribution in [0.15, 0.2) is 54.7 Å². The molecule has 3 amide bonds. The van der Waals surface area contributed by atoms with Crippen LogP contribution in [0, 0.1) is 0 Å². The van der Waals surface area contributed by atoms with E-state index >= 15 is 0 Å². The number of hydrogen-bond donors (Lipinski definition) is 2. The van der Waals surface area contributed by atoms with Gasteiger partial charge in [0.15, 0.2) is 0 Å². The van der Waals surface area contributed by atoms with Gasteiger partial charge in [0.2, 0.25) is 5.91 Å². The summed E-state index contributed by atoms with van der Waals surface area (Å²) in [5.74, 6) is 0.638. The van der Waals surface area contributed by atoms with Gasteiger partial charge < -0.3 is 10.2 Å². The molecule has 2 aromatic rings.